The van der Waals surface area contributed by atoms with Crippen LogP contribution in [0, 0.1) is 10.8 Å². The second kappa shape index (κ2) is 11.5. The van der Waals surface area contributed by atoms with Crippen molar-refractivity contribution in [3.8, 4) is 0 Å². The fraction of sp³-hybridized carbons (Fsp3) is 0.682. The average molecular weight is 545 g/mol. The van der Waals surface area contributed by atoms with Crippen LogP contribution in [0.1, 0.15) is 60.6 Å². The van der Waals surface area contributed by atoms with E-state index >= 15 is 0 Å². The summed E-state index contributed by atoms with van der Waals surface area (Å²) >= 11 is 0. The number of carbonyl (C=O) groups excluding carboxylic acids is 2. The summed E-state index contributed by atoms with van der Waals surface area (Å²) in [5, 5.41) is 0. The molecule has 3 rings (SSSR count). The van der Waals surface area contributed by atoms with Gasteiger partial charge in [-0.05, 0) is 54.4 Å². The van der Waals surface area contributed by atoms with Crippen molar-refractivity contribution in [2.24, 2.45) is 10.8 Å². The smallest absolute Gasteiger partial charge is 0.433 e. The predicted octanol–water partition coefficient (Wildman–Crippen LogP) is 2.90. The second-order valence-electron chi connectivity index (χ2n) is 10.5. The van der Waals surface area contributed by atoms with E-state index in [0.29, 0.717) is 24.0 Å². The molecule has 2 aromatic rings. The summed E-state index contributed by atoms with van der Waals surface area (Å²) < 4.78 is 34.0. The summed E-state index contributed by atoms with van der Waals surface area (Å²) in [4.78, 5) is 47.3. The first-order valence-corrected chi connectivity index (χ1v) is 13.2. The van der Waals surface area contributed by atoms with Crippen LogP contribution in [0.5, 0.6) is 0 Å². The van der Waals surface area contributed by atoms with Crippen molar-refractivity contribution >= 4 is 37.1 Å². The van der Waals surface area contributed by atoms with E-state index in [1.807, 2.05) is 0 Å². The monoisotopic (exact) mass is 544 g/mol. The number of carbonyl (C=O) groups is 2. The van der Waals surface area contributed by atoms with E-state index in [4.69, 9.17) is 33.5 Å². The summed E-state index contributed by atoms with van der Waals surface area (Å²) in [5.41, 5.74) is 5.32. The fourth-order valence-corrected chi connectivity index (χ4v) is 4.06. The second-order valence-corrected chi connectivity index (χ2v) is 12.2. The van der Waals surface area contributed by atoms with Gasteiger partial charge in [0.05, 0.1) is 23.3 Å². The Kier molecular flexibility index (Phi) is 9.04. The van der Waals surface area contributed by atoms with Crippen LogP contribution in [0.2, 0.25) is 0 Å². The zero-order valence-electron chi connectivity index (χ0n) is 21.9. The number of imidazole rings is 1. The van der Waals surface area contributed by atoms with Crippen LogP contribution < -0.4 is 5.73 Å². The molecular weight excluding hydrogens is 509 g/mol. The van der Waals surface area contributed by atoms with Crippen LogP contribution in [0.25, 0.3) is 11.2 Å². The molecule has 1 aliphatic rings. The lowest BCUT2D eigenvalue weighted by Gasteiger charge is -2.20. The molecule has 206 valence electrons. The highest BCUT2D eigenvalue weighted by molar-refractivity contribution is 7.55. The minimum Gasteiger partial charge on any atom is -0.433 e. The number of nitrogens with zero attached hydrogens (tertiary/aromatic N) is 4. The number of esters is 2. The fourth-order valence-electron chi connectivity index (χ4n) is 3.11. The molecule has 2 atom stereocenters. The zero-order chi connectivity index (χ0) is 27.4. The van der Waals surface area contributed by atoms with Gasteiger partial charge in [-0.25, -0.2) is 15.0 Å². The van der Waals surface area contributed by atoms with Crippen LogP contribution in [0.4, 0.5) is 5.82 Å². The van der Waals surface area contributed by atoms with Crippen molar-refractivity contribution in [1.82, 2.24) is 19.5 Å². The van der Waals surface area contributed by atoms with E-state index in [1.165, 1.54) is 6.33 Å². The molecule has 1 aliphatic heterocycles. The number of rotatable bonds is 10. The standard InChI is InChI=1S/C22H35N5O9P/c1-21(2,3)19(28)31-12-34-37(30,35-13-32-20(29)22(4,5)6)33-9-14-7-8-15(36-14)27-11-26-16-17(23)24-10-25-18(16)27/h10-11,14-15,30H,7-9,12-13H2,1-6H3,(H2,23,24,25)/q+1. The van der Waals surface area contributed by atoms with Gasteiger partial charge in [0.2, 0.25) is 13.6 Å². The van der Waals surface area contributed by atoms with Gasteiger partial charge in [-0.3, -0.25) is 14.2 Å². The Morgan fingerprint density at radius 2 is 1.62 bits per heavy atom. The molecule has 0 saturated carbocycles. The Hall–Kier alpha value is -2.48. The maximum absolute atomic E-state index is 12.0. The van der Waals surface area contributed by atoms with Crippen molar-refractivity contribution < 1.29 is 42.3 Å². The molecule has 1 fully saturated rings. The van der Waals surface area contributed by atoms with Gasteiger partial charge in [-0.2, -0.15) is 9.42 Å². The predicted molar refractivity (Wildman–Crippen MR) is 131 cm³/mol. The number of aromatic nitrogens is 4. The molecule has 3 heterocycles. The summed E-state index contributed by atoms with van der Waals surface area (Å²) in [6.07, 6.45) is 3.31. The third kappa shape index (κ3) is 7.76. The zero-order valence-corrected chi connectivity index (χ0v) is 22.8. The number of nitrogen functional groups attached to an aromatic ring is 1. The van der Waals surface area contributed by atoms with Gasteiger partial charge in [0, 0.05) is 0 Å². The summed E-state index contributed by atoms with van der Waals surface area (Å²) in [7, 11) is -4.06. The molecule has 3 N–H and O–H groups in total. The summed E-state index contributed by atoms with van der Waals surface area (Å²) in [6.45, 7) is 8.70. The maximum atomic E-state index is 12.0. The summed E-state index contributed by atoms with van der Waals surface area (Å²) in [6, 6.07) is 0. The Morgan fingerprint density at radius 3 is 2.19 bits per heavy atom. The Balaban J connectivity index is 1.59. The molecule has 0 spiro atoms. The molecule has 1 saturated heterocycles. The summed E-state index contributed by atoms with van der Waals surface area (Å²) in [5.74, 6) is -0.820. The van der Waals surface area contributed by atoms with Gasteiger partial charge < -0.3 is 19.9 Å². The van der Waals surface area contributed by atoms with Crippen LogP contribution in [-0.2, 0) is 37.4 Å². The van der Waals surface area contributed by atoms with Crippen molar-refractivity contribution in [1.29, 1.82) is 0 Å². The molecule has 15 heteroatoms. The number of hydrogen-bond donors (Lipinski definition) is 2. The lowest BCUT2D eigenvalue weighted by molar-refractivity contribution is -0.165. The minimum atomic E-state index is -4.06. The molecule has 0 radical (unpaired) electrons. The molecule has 2 aromatic heterocycles. The van der Waals surface area contributed by atoms with Crippen molar-refractivity contribution in [3.05, 3.63) is 12.7 Å². The lowest BCUT2D eigenvalue weighted by Crippen LogP contribution is -2.26. The first-order valence-electron chi connectivity index (χ1n) is 11.7. The molecule has 0 bridgehead atoms. The van der Waals surface area contributed by atoms with Crippen molar-refractivity contribution in [2.45, 2.75) is 66.7 Å². The van der Waals surface area contributed by atoms with Crippen molar-refractivity contribution in [3.63, 3.8) is 0 Å². The van der Waals surface area contributed by atoms with E-state index < -0.39 is 50.6 Å². The van der Waals surface area contributed by atoms with Gasteiger partial charge in [0.1, 0.15) is 24.7 Å². The maximum Gasteiger partial charge on any atom is 0.579 e. The highest BCUT2D eigenvalue weighted by Gasteiger charge is 2.48. The van der Waals surface area contributed by atoms with Crippen LogP contribution in [0.15, 0.2) is 12.7 Å². The third-order valence-corrected chi connectivity index (χ3v) is 6.58. The van der Waals surface area contributed by atoms with Gasteiger partial charge in [0.15, 0.2) is 11.5 Å². The molecule has 2 unspecified atom stereocenters. The van der Waals surface area contributed by atoms with Crippen molar-refractivity contribution in [2.75, 3.05) is 25.9 Å². The number of fused-ring (bicyclic) bond motifs is 1. The van der Waals surface area contributed by atoms with E-state index in [9.17, 15) is 14.5 Å². The van der Waals surface area contributed by atoms with Crippen LogP contribution in [-0.4, -0.2) is 62.6 Å². The minimum absolute atomic E-state index is 0.106. The molecular formula is C22H35N5O9P+. The molecule has 0 aromatic carbocycles. The van der Waals surface area contributed by atoms with Gasteiger partial charge in [0.25, 0.3) is 0 Å². The number of hydrogen-bond acceptors (Lipinski definition) is 13. The van der Waals surface area contributed by atoms with Gasteiger partial charge in [-0.15, -0.1) is 9.05 Å². The first-order chi connectivity index (χ1) is 17.2. The normalized spacial score (nSPS) is 18.8. The lowest BCUT2D eigenvalue weighted by atomic mass is 9.98. The molecule has 0 aliphatic carbocycles. The number of ether oxygens (including phenoxy) is 3. The average Bonchev–Trinajstić information content (AvgIpc) is 3.44. The Bertz CT molecular complexity index is 1070. The van der Waals surface area contributed by atoms with Crippen LogP contribution >= 0.6 is 8.17 Å². The Labute approximate surface area is 215 Å². The third-order valence-electron chi connectivity index (χ3n) is 5.24. The SMILES string of the molecule is CC(C)(C)C(=O)OCO[P+](O)(OCOC(=O)C(C)(C)C)OCC1CCC(n2cnc3c(N)ncnc32)O1. The number of nitrogens with two attached hydrogens (primary N) is 1. The first kappa shape index (κ1) is 29.1. The molecule has 0 amide bonds. The van der Waals surface area contributed by atoms with E-state index in [2.05, 4.69) is 15.0 Å². The quantitative estimate of drug-likeness (QED) is 0.253. The van der Waals surface area contributed by atoms with Crippen LogP contribution in [0.3, 0.4) is 0 Å². The Morgan fingerprint density at radius 1 is 1.03 bits per heavy atom. The van der Waals surface area contributed by atoms with E-state index in [1.54, 1.807) is 52.4 Å². The van der Waals surface area contributed by atoms with E-state index in [0.717, 1.165) is 0 Å². The van der Waals surface area contributed by atoms with Gasteiger partial charge in [-0.1, -0.05) is 0 Å². The largest absolute Gasteiger partial charge is 0.579 e. The highest BCUT2D eigenvalue weighted by Crippen LogP contribution is 2.58. The molecule has 14 nitrogen and oxygen atoms in total. The number of anilines is 1. The highest BCUT2D eigenvalue weighted by atomic mass is 31.2. The molecule has 37 heavy (non-hydrogen) atoms. The van der Waals surface area contributed by atoms with E-state index in [-0.39, 0.29) is 18.7 Å². The topological polar surface area (TPSA) is 179 Å². The van der Waals surface area contributed by atoms with Gasteiger partial charge >= 0.3 is 20.1 Å².